The number of amides is 1. The molecular weight excluding hydrogens is 461 g/mol. The molecule has 0 saturated carbocycles. The molecule has 156 valence electrons. The number of anilines is 1. The van der Waals surface area contributed by atoms with E-state index in [2.05, 4.69) is 26.4 Å². The maximum atomic E-state index is 13.5. The van der Waals surface area contributed by atoms with Gasteiger partial charge in [0.25, 0.3) is 0 Å². The lowest BCUT2D eigenvalue weighted by molar-refractivity contribution is -0.137. The number of hydrogen-bond donors (Lipinski definition) is 1. The highest BCUT2D eigenvalue weighted by Gasteiger charge is 2.32. The Bertz CT molecular complexity index is 1090. The van der Waals surface area contributed by atoms with Crippen molar-refractivity contribution in [2.75, 3.05) is 5.32 Å². The standard InChI is InChI=1S/C22H18BrF3N2O2/c23-18-7-3-1-5-13(18)11-20(29)27-16-10-14(9-15(12-16)22(24,25)26)21-17-6-2-4-8-19(17)28-30-21/h1,3,5,7,9-10,12H,2,4,6,8,11H2,(H,27,29). The van der Waals surface area contributed by atoms with Crippen LogP contribution >= 0.6 is 15.9 Å². The Kier molecular flexibility index (Phi) is 5.69. The minimum absolute atomic E-state index is 0.0324. The van der Waals surface area contributed by atoms with Crippen LogP contribution in [0.15, 0.2) is 51.5 Å². The molecule has 0 saturated heterocycles. The Hall–Kier alpha value is -2.61. The van der Waals surface area contributed by atoms with Gasteiger partial charge in [0, 0.05) is 21.3 Å². The molecule has 1 aliphatic rings. The molecule has 3 aromatic rings. The molecule has 0 spiro atoms. The van der Waals surface area contributed by atoms with Crippen molar-refractivity contribution in [3.8, 4) is 11.3 Å². The van der Waals surface area contributed by atoms with E-state index in [0.29, 0.717) is 12.2 Å². The van der Waals surface area contributed by atoms with Crippen LogP contribution in [0.4, 0.5) is 18.9 Å². The molecular formula is C22H18BrF3N2O2. The van der Waals surface area contributed by atoms with Crippen molar-refractivity contribution >= 4 is 27.5 Å². The second kappa shape index (κ2) is 8.26. The Morgan fingerprint density at radius 1 is 1.13 bits per heavy atom. The van der Waals surface area contributed by atoms with Gasteiger partial charge < -0.3 is 9.84 Å². The van der Waals surface area contributed by atoms with E-state index in [1.54, 1.807) is 18.2 Å². The number of carbonyl (C=O) groups excluding carboxylic acids is 1. The minimum atomic E-state index is -4.56. The van der Waals surface area contributed by atoms with Crippen molar-refractivity contribution in [2.24, 2.45) is 0 Å². The Morgan fingerprint density at radius 2 is 1.90 bits per heavy atom. The number of nitrogens with one attached hydrogen (secondary N) is 1. The van der Waals surface area contributed by atoms with Gasteiger partial charge in [-0.25, -0.2) is 0 Å². The first-order valence-corrected chi connectivity index (χ1v) is 10.3. The molecule has 8 heteroatoms. The number of rotatable bonds is 4. The smallest absolute Gasteiger partial charge is 0.356 e. The Labute approximate surface area is 179 Å². The van der Waals surface area contributed by atoms with E-state index >= 15 is 0 Å². The van der Waals surface area contributed by atoms with Gasteiger partial charge in [0.05, 0.1) is 17.7 Å². The summed E-state index contributed by atoms with van der Waals surface area (Å²) in [5, 5.41) is 6.62. The van der Waals surface area contributed by atoms with E-state index in [0.717, 1.165) is 52.7 Å². The number of aromatic nitrogens is 1. The van der Waals surface area contributed by atoms with E-state index in [1.165, 1.54) is 6.07 Å². The molecule has 0 bridgehead atoms. The lowest BCUT2D eigenvalue weighted by Gasteiger charge is -2.14. The third-order valence-electron chi connectivity index (χ3n) is 5.08. The summed E-state index contributed by atoms with van der Waals surface area (Å²) in [6.07, 6.45) is -1.13. The maximum absolute atomic E-state index is 13.5. The van der Waals surface area contributed by atoms with Gasteiger partial charge in [0.2, 0.25) is 5.91 Å². The average Bonchev–Trinajstić information content (AvgIpc) is 3.13. The summed E-state index contributed by atoms with van der Waals surface area (Å²) >= 11 is 3.37. The Morgan fingerprint density at radius 3 is 2.67 bits per heavy atom. The fourth-order valence-electron chi connectivity index (χ4n) is 3.63. The minimum Gasteiger partial charge on any atom is -0.356 e. The lowest BCUT2D eigenvalue weighted by atomic mass is 9.93. The molecule has 2 aromatic carbocycles. The molecule has 4 rings (SSSR count). The number of hydrogen-bond acceptors (Lipinski definition) is 3. The molecule has 0 aliphatic heterocycles. The summed E-state index contributed by atoms with van der Waals surface area (Å²) in [6, 6.07) is 10.7. The van der Waals surface area contributed by atoms with E-state index in [1.807, 2.05) is 6.07 Å². The molecule has 30 heavy (non-hydrogen) atoms. The first-order chi connectivity index (χ1) is 14.3. The van der Waals surface area contributed by atoms with Crippen LogP contribution in [-0.2, 0) is 30.2 Å². The topological polar surface area (TPSA) is 55.1 Å². The second-order valence-electron chi connectivity index (χ2n) is 7.26. The van der Waals surface area contributed by atoms with Crippen LogP contribution < -0.4 is 5.32 Å². The third-order valence-corrected chi connectivity index (χ3v) is 5.85. The highest BCUT2D eigenvalue weighted by Crippen LogP contribution is 2.38. The summed E-state index contributed by atoms with van der Waals surface area (Å²) in [5.41, 5.74) is 1.87. The largest absolute Gasteiger partial charge is 0.416 e. The first-order valence-electron chi connectivity index (χ1n) is 9.54. The van der Waals surface area contributed by atoms with E-state index in [9.17, 15) is 18.0 Å². The van der Waals surface area contributed by atoms with Crippen molar-refractivity contribution in [3.05, 3.63) is 69.3 Å². The molecule has 4 nitrogen and oxygen atoms in total. The number of halogens is 4. The van der Waals surface area contributed by atoms with Gasteiger partial charge in [-0.05, 0) is 55.5 Å². The van der Waals surface area contributed by atoms with Crippen LogP contribution in [-0.4, -0.2) is 11.1 Å². The Balaban J connectivity index is 1.66. The summed E-state index contributed by atoms with van der Waals surface area (Å²) in [4.78, 5) is 12.5. The predicted octanol–water partition coefficient (Wildman–Crippen LogP) is 6.18. The number of aryl methyl sites for hydroxylation is 1. The summed E-state index contributed by atoms with van der Waals surface area (Å²) in [6.45, 7) is 0. The highest BCUT2D eigenvalue weighted by molar-refractivity contribution is 9.10. The van der Waals surface area contributed by atoms with Crippen LogP contribution in [0.1, 0.15) is 35.2 Å². The van der Waals surface area contributed by atoms with Crippen molar-refractivity contribution in [1.29, 1.82) is 0 Å². The second-order valence-corrected chi connectivity index (χ2v) is 8.11. The number of carbonyl (C=O) groups is 1. The number of alkyl halides is 3. The van der Waals surface area contributed by atoms with Gasteiger partial charge in [-0.3, -0.25) is 4.79 Å². The SMILES string of the molecule is O=C(Cc1ccccc1Br)Nc1cc(-c2onc3c2CCCC3)cc(C(F)(F)F)c1. The van der Waals surface area contributed by atoms with Gasteiger partial charge in [-0.2, -0.15) is 13.2 Å². The quantitative estimate of drug-likeness (QED) is 0.486. The van der Waals surface area contributed by atoms with Gasteiger partial charge >= 0.3 is 6.18 Å². The maximum Gasteiger partial charge on any atom is 0.416 e. The van der Waals surface area contributed by atoms with Crippen LogP contribution in [0.5, 0.6) is 0 Å². The van der Waals surface area contributed by atoms with Crippen molar-refractivity contribution in [1.82, 2.24) is 5.16 Å². The van der Waals surface area contributed by atoms with Gasteiger partial charge in [0.1, 0.15) is 0 Å². The molecule has 1 heterocycles. The van der Waals surface area contributed by atoms with Crippen LogP contribution in [0.2, 0.25) is 0 Å². The number of benzene rings is 2. The molecule has 1 aromatic heterocycles. The predicted molar refractivity (Wildman–Crippen MR) is 110 cm³/mol. The van der Waals surface area contributed by atoms with Crippen molar-refractivity contribution in [3.63, 3.8) is 0 Å². The molecule has 0 fully saturated rings. The van der Waals surface area contributed by atoms with Crippen LogP contribution in [0.25, 0.3) is 11.3 Å². The monoisotopic (exact) mass is 478 g/mol. The lowest BCUT2D eigenvalue weighted by Crippen LogP contribution is -2.16. The van der Waals surface area contributed by atoms with Crippen LogP contribution in [0, 0.1) is 0 Å². The highest BCUT2D eigenvalue weighted by atomic mass is 79.9. The van der Waals surface area contributed by atoms with E-state index < -0.39 is 17.6 Å². The normalized spacial score (nSPS) is 13.7. The van der Waals surface area contributed by atoms with E-state index in [4.69, 9.17) is 4.52 Å². The fourth-order valence-corrected chi connectivity index (χ4v) is 4.06. The third kappa shape index (κ3) is 4.43. The summed E-state index contributed by atoms with van der Waals surface area (Å²) in [7, 11) is 0. The fraction of sp³-hybridized carbons (Fsp3) is 0.273. The number of nitrogens with zero attached hydrogens (tertiary/aromatic N) is 1. The zero-order valence-corrected chi connectivity index (χ0v) is 17.4. The molecule has 0 radical (unpaired) electrons. The van der Waals surface area contributed by atoms with Gasteiger partial charge in [-0.15, -0.1) is 0 Å². The summed E-state index contributed by atoms with van der Waals surface area (Å²) in [5.74, 6) is -0.0659. The molecule has 1 aliphatic carbocycles. The summed E-state index contributed by atoms with van der Waals surface area (Å²) < 4.78 is 46.7. The zero-order valence-electron chi connectivity index (χ0n) is 15.9. The first kappa shape index (κ1) is 20.7. The van der Waals surface area contributed by atoms with Gasteiger partial charge in [0.15, 0.2) is 5.76 Å². The van der Waals surface area contributed by atoms with E-state index in [-0.39, 0.29) is 17.7 Å². The molecule has 0 unspecified atom stereocenters. The van der Waals surface area contributed by atoms with Gasteiger partial charge in [-0.1, -0.05) is 39.3 Å². The average molecular weight is 479 g/mol. The molecule has 1 amide bonds. The van der Waals surface area contributed by atoms with Crippen LogP contribution in [0.3, 0.4) is 0 Å². The van der Waals surface area contributed by atoms with Crippen molar-refractivity contribution in [2.45, 2.75) is 38.3 Å². The molecule has 0 atom stereocenters. The van der Waals surface area contributed by atoms with Crippen molar-refractivity contribution < 1.29 is 22.5 Å². The molecule has 1 N–H and O–H groups in total. The zero-order chi connectivity index (χ0) is 21.3. The number of fused-ring (bicyclic) bond motifs is 1.